The molecule has 0 aliphatic rings. The zero-order valence-corrected chi connectivity index (χ0v) is 11.0. The van der Waals surface area contributed by atoms with E-state index < -0.39 is 0 Å². The van der Waals surface area contributed by atoms with E-state index in [0.717, 1.165) is 15.6 Å². The summed E-state index contributed by atoms with van der Waals surface area (Å²) in [5.74, 6) is 0.968. The first-order valence-electron chi connectivity index (χ1n) is 5.17. The number of rotatable bonds is 3. The first-order valence-corrected chi connectivity index (χ1v) is 5.96. The Kier molecular flexibility index (Phi) is 4.17. The average molecular weight is 272 g/mol. The predicted octanol–water partition coefficient (Wildman–Crippen LogP) is 3.16. The first-order chi connectivity index (χ1) is 6.99. The second-order valence-electron chi connectivity index (χ2n) is 4.21. The van der Waals surface area contributed by atoms with Gasteiger partial charge < -0.3 is 10.8 Å². The molecule has 0 saturated heterocycles. The molecule has 1 unspecified atom stereocenters. The van der Waals surface area contributed by atoms with Crippen molar-refractivity contribution in [1.82, 2.24) is 0 Å². The molecule has 1 aromatic rings. The Bertz CT molecular complexity index is 350. The van der Waals surface area contributed by atoms with Crippen LogP contribution in [0.25, 0.3) is 0 Å². The molecule has 15 heavy (non-hydrogen) atoms. The molecule has 0 amide bonds. The fourth-order valence-electron chi connectivity index (χ4n) is 1.87. The fourth-order valence-corrected chi connectivity index (χ4v) is 2.22. The van der Waals surface area contributed by atoms with Crippen molar-refractivity contribution < 1.29 is 5.11 Å². The van der Waals surface area contributed by atoms with Crippen LogP contribution >= 0.6 is 15.9 Å². The van der Waals surface area contributed by atoms with E-state index >= 15 is 0 Å². The Morgan fingerprint density at radius 1 is 1.40 bits per heavy atom. The highest BCUT2D eigenvalue weighted by Crippen LogP contribution is 2.37. The fraction of sp³-hybridized carbons (Fsp3) is 0.500. The SMILES string of the molecule is Cc1ccc(Br)c(O)c1C(CN)C(C)C. The van der Waals surface area contributed by atoms with E-state index in [2.05, 4.69) is 29.8 Å². The number of halogens is 1. The van der Waals surface area contributed by atoms with Crippen molar-refractivity contribution in [1.29, 1.82) is 0 Å². The van der Waals surface area contributed by atoms with E-state index in [1.165, 1.54) is 0 Å². The normalized spacial score (nSPS) is 13.2. The molecule has 3 heteroatoms. The summed E-state index contributed by atoms with van der Waals surface area (Å²) in [6.07, 6.45) is 0. The number of hydrogen-bond acceptors (Lipinski definition) is 2. The molecule has 0 bridgehead atoms. The Morgan fingerprint density at radius 2 is 2.00 bits per heavy atom. The third kappa shape index (κ3) is 2.52. The van der Waals surface area contributed by atoms with E-state index in [9.17, 15) is 5.11 Å². The maximum Gasteiger partial charge on any atom is 0.133 e. The van der Waals surface area contributed by atoms with Gasteiger partial charge in [-0.1, -0.05) is 19.9 Å². The van der Waals surface area contributed by atoms with Crippen LogP contribution in [-0.2, 0) is 0 Å². The lowest BCUT2D eigenvalue weighted by atomic mass is 9.85. The Balaban J connectivity index is 3.27. The molecule has 0 aliphatic heterocycles. The van der Waals surface area contributed by atoms with Gasteiger partial charge >= 0.3 is 0 Å². The molecule has 1 aromatic carbocycles. The number of benzene rings is 1. The van der Waals surface area contributed by atoms with Crippen molar-refractivity contribution in [2.75, 3.05) is 6.54 Å². The van der Waals surface area contributed by atoms with Crippen molar-refractivity contribution in [2.45, 2.75) is 26.7 Å². The van der Waals surface area contributed by atoms with E-state index in [-0.39, 0.29) is 5.92 Å². The lowest BCUT2D eigenvalue weighted by molar-refractivity contribution is 0.434. The van der Waals surface area contributed by atoms with Crippen LogP contribution in [0, 0.1) is 12.8 Å². The van der Waals surface area contributed by atoms with Crippen molar-refractivity contribution in [3.05, 3.63) is 27.7 Å². The molecule has 0 aliphatic carbocycles. The van der Waals surface area contributed by atoms with Crippen LogP contribution in [0.1, 0.15) is 30.9 Å². The maximum atomic E-state index is 10.0. The van der Waals surface area contributed by atoms with Crippen molar-refractivity contribution in [2.24, 2.45) is 11.7 Å². The number of phenols is 1. The van der Waals surface area contributed by atoms with Crippen LogP contribution in [0.5, 0.6) is 5.75 Å². The second kappa shape index (κ2) is 4.99. The highest BCUT2D eigenvalue weighted by Gasteiger charge is 2.20. The summed E-state index contributed by atoms with van der Waals surface area (Å²) in [4.78, 5) is 0. The molecule has 3 N–H and O–H groups in total. The first kappa shape index (κ1) is 12.5. The van der Waals surface area contributed by atoms with Gasteiger partial charge in [0.15, 0.2) is 0 Å². The number of aryl methyl sites for hydroxylation is 1. The molecule has 0 spiro atoms. The van der Waals surface area contributed by atoms with Crippen LogP contribution in [0.4, 0.5) is 0 Å². The third-order valence-electron chi connectivity index (χ3n) is 2.82. The quantitative estimate of drug-likeness (QED) is 0.887. The number of hydrogen-bond donors (Lipinski definition) is 2. The van der Waals surface area contributed by atoms with Crippen LogP contribution in [0.3, 0.4) is 0 Å². The summed E-state index contributed by atoms with van der Waals surface area (Å²) in [7, 11) is 0. The molecule has 2 nitrogen and oxygen atoms in total. The monoisotopic (exact) mass is 271 g/mol. The zero-order chi connectivity index (χ0) is 11.6. The van der Waals surface area contributed by atoms with Gasteiger partial charge in [-0.2, -0.15) is 0 Å². The molecule has 0 saturated carbocycles. The Morgan fingerprint density at radius 3 is 2.47 bits per heavy atom. The minimum Gasteiger partial charge on any atom is -0.506 e. The highest BCUT2D eigenvalue weighted by molar-refractivity contribution is 9.10. The second-order valence-corrected chi connectivity index (χ2v) is 5.07. The number of nitrogens with two attached hydrogens (primary N) is 1. The van der Waals surface area contributed by atoms with E-state index in [0.29, 0.717) is 18.2 Å². The molecular formula is C12H18BrNO. The molecule has 0 aromatic heterocycles. The van der Waals surface area contributed by atoms with Crippen molar-refractivity contribution >= 4 is 15.9 Å². The lowest BCUT2D eigenvalue weighted by Gasteiger charge is -2.23. The molecule has 0 fully saturated rings. The van der Waals surface area contributed by atoms with E-state index in [1.807, 2.05) is 19.1 Å². The Hall–Kier alpha value is -0.540. The summed E-state index contributed by atoms with van der Waals surface area (Å²) in [5.41, 5.74) is 7.84. The van der Waals surface area contributed by atoms with Gasteiger partial charge in [0.2, 0.25) is 0 Å². The average Bonchev–Trinajstić information content (AvgIpc) is 2.18. The van der Waals surface area contributed by atoms with Gasteiger partial charge in [0.25, 0.3) is 0 Å². The third-order valence-corrected chi connectivity index (χ3v) is 3.46. The van der Waals surface area contributed by atoms with Gasteiger partial charge in [0.1, 0.15) is 5.75 Å². The number of phenolic OH excluding ortho intramolecular Hbond substituents is 1. The summed E-state index contributed by atoms with van der Waals surface area (Å²) in [6, 6.07) is 3.87. The molecule has 84 valence electrons. The van der Waals surface area contributed by atoms with Crippen molar-refractivity contribution in [3.63, 3.8) is 0 Å². The van der Waals surface area contributed by atoms with Crippen LogP contribution in [-0.4, -0.2) is 11.7 Å². The largest absolute Gasteiger partial charge is 0.506 e. The van der Waals surface area contributed by atoms with E-state index in [1.54, 1.807) is 0 Å². The molecular weight excluding hydrogens is 254 g/mol. The van der Waals surface area contributed by atoms with Gasteiger partial charge in [0.05, 0.1) is 4.47 Å². The summed E-state index contributed by atoms with van der Waals surface area (Å²) in [5, 5.41) is 10.0. The van der Waals surface area contributed by atoms with Crippen molar-refractivity contribution in [3.8, 4) is 5.75 Å². The lowest BCUT2D eigenvalue weighted by Crippen LogP contribution is -2.19. The maximum absolute atomic E-state index is 10.0. The van der Waals surface area contributed by atoms with Gasteiger partial charge in [-0.15, -0.1) is 0 Å². The zero-order valence-electron chi connectivity index (χ0n) is 9.42. The minimum atomic E-state index is 0.211. The molecule has 0 radical (unpaired) electrons. The summed E-state index contributed by atoms with van der Waals surface area (Å²) >= 11 is 3.34. The predicted molar refractivity (Wildman–Crippen MR) is 67.2 cm³/mol. The van der Waals surface area contributed by atoms with Gasteiger partial charge in [-0.05, 0) is 46.9 Å². The minimum absolute atomic E-state index is 0.211. The Labute approximate surface area is 99.6 Å². The topological polar surface area (TPSA) is 46.2 Å². The van der Waals surface area contributed by atoms with Gasteiger partial charge in [0, 0.05) is 11.5 Å². The summed E-state index contributed by atoms with van der Waals surface area (Å²) in [6.45, 7) is 6.81. The summed E-state index contributed by atoms with van der Waals surface area (Å²) < 4.78 is 0.738. The molecule has 1 rings (SSSR count). The van der Waals surface area contributed by atoms with E-state index in [4.69, 9.17) is 5.73 Å². The van der Waals surface area contributed by atoms with Crippen LogP contribution in [0.15, 0.2) is 16.6 Å². The highest BCUT2D eigenvalue weighted by atomic mass is 79.9. The number of aromatic hydroxyl groups is 1. The standard InChI is InChI=1S/C12H18BrNO/c1-7(2)9(6-14)11-8(3)4-5-10(13)12(11)15/h4-5,7,9,15H,6,14H2,1-3H3. The molecule has 0 heterocycles. The molecule has 1 atom stereocenters. The van der Waals surface area contributed by atoms with Gasteiger partial charge in [-0.25, -0.2) is 0 Å². The smallest absolute Gasteiger partial charge is 0.133 e. The van der Waals surface area contributed by atoms with Crippen LogP contribution < -0.4 is 5.73 Å². The van der Waals surface area contributed by atoms with Crippen LogP contribution in [0.2, 0.25) is 0 Å². The van der Waals surface area contributed by atoms with Gasteiger partial charge in [-0.3, -0.25) is 0 Å².